The Bertz CT molecular complexity index is 458. The number of thioether (sulfide) groups is 1. The summed E-state index contributed by atoms with van der Waals surface area (Å²) >= 11 is 1.74. The van der Waals surface area contributed by atoms with E-state index >= 15 is 0 Å². The van der Waals surface area contributed by atoms with Gasteiger partial charge in [-0.2, -0.15) is 0 Å². The summed E-state index contributed by atoms with van der Waals surface area (Å²) in [5, 5.41) is 1.01. The number of hydrogen-bond donors (Lipinski definition) is 2. The third kappa shape index (κ3) is 0.971. The third-order valence-corrected chi connectivity index (χ3v) is 3.23. The molecule has 0 aliphatic carbocycles. The molecular formula is C8H9N5S. The van der Waals surface area contributed by atoms with Gasteiger partial charge in [-0.05, 0) is 0 Å². The molecule has 0 fully saturated rings. The van der Waals surface area contributed by atoms with Crippen LogP contribution >= 0.6 is 11.8 Å². The molecule has 0 radical (unpaired) electrons. The van der Waals surface area contributed by atoms with E-state index in [9.17, 15) is 0 Å². The van der Waals surface area contributed by atoms with E-state index in [4.69, 9.17) is 5.73 Å². The number of nitrogen functional groups attached to an aromatic ring is 1. The Morgan fingerprint density at radius 1 is 1.57 bits per heavy atom. The van der Waals surface area contributed by atoms with Gasteiger partial charge in [-0.3, -0.25) is 0 Å². The van der Waals surface area contributed by atoms with Crippen LogP contribution in [0, 0.1) is 0 Å². The summed E-state index contributed by atoms with van der Waals surface area (Å²) in [6, 6.07) is 0. The Balaban J connectivity index is 2.17. The molecule has 0 amide bonds. The molecule has 5 nitrogen and oxygen atoms in total. The lowest BCUT2D eigenvalue weighted by atomic mass is 10.3. The van der Waals surface area contributed by atoms with E-state index in [0.29, 0.717) is 0 Å². The van der Waals surface area contributed by atoms with Crippen molar-refractivity contribution >= 4 is 17.6 Å². The van der Waals surface area contributed by atoms with Crippen molar-refractivity contribution in [3.05, 3.63) is 12.5 Å². The van der Waals surface area contributed by atoms with Gasteiger partial charge in [0.25, 0.3) is 0 Å². The number of rotatable bonds is 1. The van der Waals surface area contributed by atoms with Gasteiger partial charge in [-0.25, -0.2) is 9.97 Å². The normalized spacial score (nSPS) is 14.6. The van der Waals surface area contributed by atoms with Crippen LogP contribution in [0.1, 0.15) is 0 Å². The molecule has 3 rings (SSSR count). The molecule has 0 unspecified atom stereocenters. The molecular weight excluding hydrogens is 198 g/mol. The summed E-state index contributed by atoms with van der Waals surface area (Å²) in [5.74, 6) is 1.80. The molecule has 0 saturated heterocycles. The summed E-state index contributed by atoms with van der Waals surface area (Å²) in [5.41, 5.74) is 7.67. The molecule has 0 saturated carbocycles. The Labute approximate surface area is 84.7 Å². The number of nitrogens with one attached hydrogen (secondary N) is 1. The minimum absolute atomic E-state index is 0.731. The fourth-order valence-electron chi connectivity index (χ4n) is 1.58. The molecule has 0 bridgehead atoms. The van der Waals surface area contributed by atoms with Gasteiger partial charge in [0, 0.05) is 12.3 Å². The van der Waals surface area contributed by atoms with Crippen LogP contribution < -0.4 is 5.73 Å². The summed E-state index contributed by atoms with van der Waals surface area (Å²) in [7, 11) is 0. The van der Waals surface area contributed by atoms with Crippen molar-refractivity contribution in [2.75, 3.05) is 11.5 Å². The van der Waals surface area contributed by atoms with Crippen LogP contribution in [-0.2, 0) is 6.54 Å². The number of aromatic nitrogens is 4. The first-order valence-electron chi connectivity index (χ1n) is 4.34. The molecule has 6 heteroatoms. The third-order valence-electron chi connectivity index (χ3n) is 2.27. The van der Waals surface area contributed by atoms with E-state index in [2.05, 4.69) is 15.0 Å². The van der Waals surface area contributed by atoms with E-state index < -0.39 is 0 Å². The molecule has 72 valence electrons. The lowest BCUT2D eigenvalue weighted by molar-refractivity contribution is 0.729. The second kappa shape index (κ2) is 2.78. The molecule has 1 aliphatic heterocycles. The largest absolute Gasteiger partial charge is 0.383 e. The highest BCUT2D eigenvalue weighted by Gasteiger charge is 2.20. The van der Waals surface area contributed by atoms with Gasteiger partial charge in [0.1, 0.15) is 11.5 Å². The fourth-order valence-corrected chi connectivity index (χ4v) is 2.54. The highest BCUT2D eigenvalue weighted by atomic mass is 32.2. The molecule has 3 N–H and O–H groups in total. The van der Waals surface area contributed by atoms with Gasteiger partial charge in [0.2, 0.25) is 0 Å². The van der Waals surface area contributed by atoms with Crippen LogP contribution in [0.2, 0.25) is 0 Å². The zero-order valence-electron chi connectivity index (χ0n) is 7.40. The van der Waals surface area contributed by atoms with Gasteiger partial charge in [0.15, 0.2) is 5.16 Å². The van der Waals surface area contributed by atoms with Gasteiger partial charge >= 0.3 is 0 Å². The summed E-state index contributed by atoms with van der Waals surface area (Å²) in [6.07, 6.45) is 3.37. The lowest BCUT2D eigenvalue weighted by Crippen LogP contribution is -2.00. The minimum Gasteiger partial charge on any atom is -0.383 e. The predicted molar refractivity (Wildman–Crippen MR) is 54.9 cm³/mol. The van der Waals surface area contributed by atoms with Gasteiger partial charge in [0.05, 0.1) is 18.2 Å². The maximum atomic E-state index is 5.99. The maximum Gasteiger partial charge on any atom is 0.170 e. The number of hydrogen-bond acceptors (Lipinski definition) is 4. The standard InChI is InChI=1S/C8H9N5S/c9-7-6(5-3-10-4-11-5)12-8-13(7)1-2-14-8/h3-4H,1-2,9H2,(H,10,11). The second-order valence-electron chi connectivity index (χ2n) is 3.09. The molecule has 0 atom stereocenters. The van der Waals surface area contributed by atoms with E-state index in [1.807, 2.05) is 4.57 Å². The van der Waals surface area contributed by atoms with E-state index in [1.54, 1.807) is 24.3 Å². The lowest BCUT2D eigenvalue weighted by Gasteiger charge is -1.98. The zero-order chi connectivity index (χ0) is 9.54. The van der Waals surface area contributed by atoms with Crippen molar-refractivity contribution in [2.45, 2.75) is 11.7 Å². The first-order valence-corrected chi connectivity index (χ1v) is 5.32. The van der Waals surface area contributed by atoms with Crippen molar-refractivity contribution in [2.24, 2.45) is 0 Å². The number of imidazole rings is 2. The number of fused-ring (bicyclic) bond motifs is 1. The SMILES string of the molecule is Nc1c(-c2cnc[nH]2)nc2n1CCS2. The summed E-state index contributed by atoms with van der Waals surface area (Å²) in [4.78, 5) is 11.4. The highest BCUT2D eigenvalue weighted by molar-refractivity contribution is 7.99. The Morgan fingerprint density at radius 2 is 2.50 bits per heavy atom. The summed E-state index contributed by atoms with van der Waals surface area (Å²) in [6.45, 7) is 0.951. The van der Waals surface area contributed by atoms with E-state index in [0.717, 1.165) is 34.7 Å². The van der Waals surface area contributed by atoms with Crippen LogP contribution in [0.3, 0.4) is 0 Å². The molecule has 1 aliphatic rings. The number of nitrogens with two attached hydrogens (primary N) is 1. The minimum atomic E-state index is 0.731. The van der Waals surface area contributed by atoms with Crippen LogP contribution in [0.25, 0.3) is 11.4 Å². The van der Waals surface area contributed by atoms with Gasteiger partial charge in [-0.15, -0.1) is 0 Å². The first kappa shape index (κ1) is 7.93. The second-order valence-corrected chi connectivity index (χ2v) is 4.16. The monoisotopic (exact) mass is 207 g/mol. The molecule has 14 heavy (non-hydrogen) atoms. The molecule has 2 aromatic rings. The molecule has 2 aromatic heterocycles. The Morgan fingerprint density at radius 3 is 3.21 bits per heavy atom. The predicted octanol–water partition coefficient (Wildman–Crippen LogP) is 0.961. The van der Waals surface area contributed by atoms with Crippen molar-refractivity contribution in [3.8, 4) is 11.4 Å². The van der Waals surface area contributed by atoms with E-state index in [-0.39, 0.29) is 0 Å². The van der Waals surface area contributed by atoms with Crippen molar-refractivity contribution < 1.29 is 0 Å². The number of H-pyrrole nitrogens is 1. The van der Waals surface area contributed by atoms with Gasteiger partial charge in [-0.1, -0.05) is 11.8 Å². The number of aromatic amines is 1. The number of nitrogens with zero attached hydrogens (tertiary/aromatic N) is 3. The fraction of sp³-hybridized carbons (Fsp3) is 0.250. The highest BCUT2D eigenvalue weighted by Crippen LogP contribution is 2.33. The molecule has 0 aromatic carbocycles. The molecule has 3 heterocycles. The van der Waals surface area contributed by atoms with Crippen molar-refractivity contribution in [1.29, 1.82) is 0 Å². The average molecular weight is 207 g/mol. The quantitative estimate of drug-likeness (QED) is 0.730. The van der Waals surface area contributed by atoms with Crippen LogP contribution in [0.4, 0.5) is 5.82 Å². The van der Waals surface area contributed by atoms with Crippen molar-refractivity contribution in [1.82, 2.24) is 19.5 Å². The number of anilines is 1. The smallest absolute Gasteiger partial charge is 0.170 e. The van der Waals surface area contributed by atoms with E-state index in [1.165, 1.54) is 0 Å². The summed E-state index contributed by atoms with van der Waals surface area (Å²) < 4.78 is 2.04. The zero-order valence-corrected chi connectivity index (χ0v) is 8.21. The van der Waals surface area contributed by atoms with Crippen LogP contribution in [0.5, 0.6) is 0 Å². The van der Waals surface area contributed by atoms with Gasteiger partial charge < -0.3 is 15.3 Å². The average Bonchev–Trinajstić information content (AvgIpc) is 2.84. The topological polar surface area (TPSA) is 72.5 Å². The maximum absolute atomic E-state index is 5.99. The Hall–Kier alpha value is -1.43. The van der Waals surface area contributed by atoms with Crippen molar-refractivity contribution in [3.63, 3.8) is 0 Å². The van der Waals surface area contributed by atoms with Crippen LogP contribution in [-0.4, -0.2) is 25.3 Å². The van der Waals surface area contributed by atoms with Crippen LogP contribution in [0.15, 0.2) is 17.7 Å². The Kier molecular flexibility index (Phi) is 1.57. The first-order chi connectivity index (χ1) is 6.86. The molecule has 0 spiro atoms.